The summed E-state index contributed by atoms with van der Waals surface area (Å²) in [6, 6.07) is 7.05. The van der Waals surface area contributed by atoms with E-state index in [2.05, 4.69) is 17.6 Å². The first kappa shape index (κ1) is 18.2. The molecule has 2 aliphatic rings. The van der Waals surface area contributed by atoms with Gasteiger partial charge in [-0.05, 0) is 74.6 Å². The van der Waals surface area contributed by atoms with Crippen LogP contribution < -0.4 is 10.6 Å². The van der Waals surface area contributed by atoms with E-state index < -0.39 is 0 Å². The van der Waals surface area contributed by atoms with E-state index in [9.17, 15) is 9.59 Å². The summed E-state index contributed by atoms with van der Waals surface area (Å²) in [5.74, 6) is 2.34. The Morgan fingerprint density at radius 3 is 2.60 bits per heavy atom. The molecule has 0 radical (unpaired) electrons. The van der Waals surface area contributed by atoms with Gasteiger partial charge in [-0.25, -0.2) is 0 Å². The van der Waals surface area contributed by atoms with E-state index in [0.717, 1.165) is 11.8 Å². The summed E-state index contributed by atoms with van der Waals surface area (Å²) in [5.41, 5.74) is 0.582. The fourth-order valence-corrected chi connectivity index (χ4v) is 4.62. The predicted octanol–water partition coefficient (Wildman–Crippen LogP) is 3.79. The molecule has 0 aliphatic heterocycles. The topological polar surface area (TPSA) is 58.2 Å². The number of hydrogen-bond donors (Lipinski definition) is 2. The molecule has 5 heteroatoms. The molecule has 1 aromatic rings. The van der Waals surface area contributed by atoms with Crippen LogP contribution in [0.15, 0.2) is 24.3 Å². The monoisotopic (exact) mass is 362 g/mol. The lowest BCUT2D eigenvalue weighted by Gasteiger charge is -2.28. The minimum absolute atomic E-state index is 0.0935. The van der Waals surface area contributed by atoms with Gasteiger partial charge in [0.15, 0.2) is 0 Å². The van der Waals surface area contributed by atoms with Crippen LogP contribution in [0, 0.1) is 17.8 Å². The highest BCUT2D eigenvalue weighted by Gasteiger charge is 2.41. The van der Waals surface area contributed by atoms with Crippen molar-refractivity contribution in [3.05, 3.63) is 34.9 Å². The Morgan fingerprint density at radius 2 is 1.96 bits per heavy atom. The lowest BCUT2D eigenvalue weighted by atomic mass is 9.84. The van der Waals surface area contributed by atoms with Crippen LogP contribution in [-0.4, -0.2) is 24.4 Å². The van der Waals surface area contributed by atoms with Crippen molar-refractivity contribution >= 4 is 23.4 Å². The maximum Gasteiger partial charge on any atom is 0.251 e. The molecular formula is C20H27ClN2O2. The van der Waals surface area contributed by atoms with Crippen molar-refractivity contribution in [3.63, 3.8) is 0 Å². The molecule has 136 valence electrons. The zero-order chi connectivity index (χ0) is 17.8. The van der Waals surface area contributed by atoms with Crippen LogP contribution in [0.25, 0.3) is 0 Å². The number of rotatable bonds is 7. The number of halogens is 1. The summed E-state index contributed by atoms with van der Waals surface area (Å²) in [6.45, 7) is 2.64. The Balaban J connectivity index is 1.32. The van der Waals surface area contributed by atoms with Gasteiger partial charge in [-0.3, -0.25) is 9.59 Å². The zero-order valence-corrected chi connectivity index (χ0v) is 15.5. The highest BCUT2D eigenvalue weighted by Crippen LogP contribution is 2.49. The second-order valence-corrected chi connectivity index (χ2v) is 8.00. The van der Waals surface area contributed by atoms with Crippen molar-refractivity contribution in [2.45, 2.75) is 51.5 Å². The lowest BCUT2D eigenvalue weighted by molar-refractivity contribution is -0.122. The van der Waals surface area contributed by atoms with Crippen LogP contribution in [0.3, 0.4) is 0 Å². The molecule has 2 bridgehead atoms. The summed E-state index contributed by atoms with van der Waals surface area (Å²) < 4.78 is 0. The first-order valence-corrected chi connectivity index (χ1v) is 9.74. The maximum absolute atomic E-state index is 12.1. The molecule has 0 aromatic heterocycles. The molecule has 25 heavy (non-hydrogen) atoms. The number of carbonyl (C=O) groups excluding carboxylic acids is 2. The average Bonchev–Trinajstić information content (AvgIpc) is 3.22. The number of fused-ring (bicyclic) bond motifs is 2. The van der Waals surface area contributed by atoms with Crippen LogP contribution >= 0.6 is 11.6 Å². The predicted molar refractivity (Wildman–Crippen MR) is 99.6 cm³/mol. The van der Waals surface area contributed by atoms with Crippen LogP contribution in [0.1, 0.15) is 55.8 Å². The number of amides is 2. The molecule has 2 aliphatic carbocycles. The molecule has 0 heterocycles. The highest BCUT2D eigenvalue weighted by molar-refractivity contribution is 6.30. The molecule has 0 saturated heterocycles. The molecule has 2 amide bonds. The van der Waals surface area contributed by atoms with E-state index in [1.165, 1.54) is 25.7 Å². The fraction of sp³-hybridized carbons (Fsp3) is 0.600. The fourth-order valence-electron chi connectivity index (χ4n) is 4.49. The van der Waals surface area contributed by atoms with Crippen molar-refractivity contribution in [2.24, 2.45) is 17.8 Å². The number of benzene rings is 1. The molecule has 3 rings (SSSR count). The van der Waals surface area contributed by atoms with Gasteiger partial charge in [0, 0.05) is 29.6 Å². The molecule has 4 atom stereocenters. The summed E-state index contributed by atoms with van der Waals surface area (Å²) in [6.07, 6.45) is 6.47. The van der Waals surface area contributed by atoms with E-state index in [1.54, 1.807) is 24.3 Å². The maximum atomic E-state index is 12.1. The molecule has 2 fully saturated rings. The molecule has 0 spiro atoms. The van der Waals surface area contributed by atoms with E-state index in [1.807, 2.05) is 0 Å². The van der Waals surface area contributed by atoms with Crippen molar-refractivity contribution < 1.29 is 9.59 Å². The quantitative estimate of drug-likeness (QED) is 0.725. The molecular weight excluding hydrogens is 336 g/mol. The SMILES string of the molecule is C[C@@H](NC(=O)CCCNC(=O)c1ccc(Cl)cc1)[C@H]1C[C@@H]2CC[C@@H]1C2. The smallest absolute Gasteiger partial charge is 0.251 e. The van der Waals surface area contributed by atoms with E-state index in [4.69, 9.17) is 11.6 Å². The Labute approximate surface area is 154 Å². The third-order valence-corrected chi connectivity index (χ3v) is 6.05. The van der Waals surface area contributed by atoms with Gasteiger partial charge in [0.2, 0.25) is 5.91 Å². The van der Waals surface area contributed by atoms with Gasteiger partial charge in [0.1, 0.15) is 0 Å². The molecule has 0 unspecified atom stereocenters. The number of carbonyl (C=O) groups is 2. The van der Waals surface area contributed by atoms with E-state index in [-0.39, 0.29) is 17.9 Å². The normalized spacial score (nSPS) is 25.6. The standard InChI is InChI=1S/C20H27ClN2O2/c1-13(18-12-14-4-5-16(18)11-14)23-19(24)3-2-10-22-20(25)15-6-8-17(21)9-7-15/h6-9,13-14,16,18H,2-5,10-12H2,1H3,(H,22,25)(H,23,24)/t13-,14-,16-,18-/m1/s1. The van der Waals surface area contributed by atoms with Crippen LogP contribution in [0.2, 0.25) is 5.02 Å². The minimum atomic E-state index is -0.132. The van der Waals surface area contributed by atoms with Gasteiger partial charge in [-0.2, -0.15) is 0 Å². The van der Waals surface area contributed by atoms with E-state index in [0.29, 0.717) is 35.9 Å². The first-order chi connectivity index (χ1) is 12.0. The number of nitrogens with one attached hydrogen (secondary N) is 2. The Hall–Kier alpha value is -1.55. The third-order valence-electron chi connectivity index (χ3n) is 5.80. The summed E-state index contributed by atoms with van der Waals surface area (Å²) in [5, 5.41) is 6.62. The van der Waals surface area contributed by atoms with Crippen LogP contribution in [0.4, 0.5) is 0 Å². The van der Waals surface area contributed by atoms with Crippen molar-refractivity contribution in [2.75, 3.05) is 6.54 Å². The molecule has 2 N–H and O–H groups in total. The highest BCUT2D eigenvalue weighted by atomic mass is 35.5. The molecule has 2 saturated carbocycles. The number of hydrogen-bond acceptors (Lipinski definition) is 2. The van der Waals surface area contributed by atoms with Gasteiger partial charge in [-0.1, -0.05) is 18.0 Å². The van der Waals surface area contributed by atoms with Crippen molar-refractivity contribution in [1.82, 2.24) is 10.6 Å². The average molecular weight is 363 g/mol. The van der Waals surface area contributed by atoms with E-state index >= 15 is 0 Å². The van der Waals surface area contributed by atoms with Gasteiger partial charge in [0.25, 0.3) is 5.91 Å². The summed E-state index contributed by atoms with van der Waals surface area (Å²) in [7, 11) is 0. The van der Waals surface area contributed by atoms with Crippen molar-refractivity contribution in [1.29, 1.82) is 0 Å². The van der Waals surface area contributed by atoms with Gasteiger partial charge >= 0.3 is 0 Å². The van der Waals surface area contributed by atoms with Crippen molar-refractivity contribution in [3.8, 4) is 0 Å². The molecule has 1 aromatic carbocycles. The molecule has 4 nitrogen and oxygen atoms in total. The second kappa shape index (κ2) is 8.22. The Kier molecular flexibility index (Phi) is 6.00. The first-order valence-electron chi connectivity index (χ1n) is 9.36. The van der Waals surface area contributed by atoms with Gasteiger partial charge in [0.05, 0.1) is 0 Å². The Morgan fingerprint density at radius 1 is 1.20 bits per heavy atom. The minimum Gasteiger partial charge on any atom is -0.353 e. The van der Waals surface area contributed by atoms with Crippen LogP contribution in [0.5, 0.6) is 0 Å². The second-order valence-electron chi connectivity index (χ2n) is 7.56. The van der Waals surface area contributed by atoms with Crippen LogP contribution in [-0.2, 0) is 4.79 Å². The summed E-state index contributed by atoms with van der Waals surface area (Å²) in [4.78, 5) is 24.1. The lowest BCUT2D eigenvalue weighted by Crippen LogP contribution is -2.40. The van der Waals surface area contributed by atoms with Gasteiger partial charge in [-0.15, -0.1) is 0 Å². The van der Waals surface area contributed by atoms with Gasteiger partial charge < -0.3 is 10.6 Å². The third kappa shape index (κ3) is 4.75. The zero-order valence-electron chi connectivity index (χ0n) is 14.8. The Bertz CT molecular complexity index is 617. The largest absolute Gasteiger partial charge is 0.353 e. The summed E-state index contributed by atoms with van der Waals surface area (Å²) >= 11 is 5.81.